The van der Waals surface area contributed by atoms with Gasteiger partial charge in [-0.15, -0.1) is 0 Å². The fourth-order valence-corrected chi connectivity index (χ4v) is 2.75. The summed E-state index contributed by atoms with van der Waals surface area (Å²) in [6.07, 6.45) is -3.82. The third-order valence-corrected chi connectivity index (χ3v) is 4.51. The van der Waals surface area contributed by atoms with Gasteiger partial charge in [-0.3, -0.25) is 0 Å². The molecule has 0 aliphatic carbocycles. The first-order chi connectivity index (χ1) is 12.8. The van der Waals surface area contributed by atoms with Gasteiger partial charge in [-0.1, -0.05) is 30.3 Å². The van der Waals surface area contributed by atoms with Crippen molar-refractivity contribution in [2.45, 2.75) is 12.8 Å². The van der Waals surface area contributed by atoms with Crippen LogP contribution in [0, 0.1) is 3.57 Å². The molecule has 0 amide bonds. The van der Waals surface area contributed by atoms with Crippen LogP contribution < -0.4 is 9.64 Å². The third kappa shape index (κ3) is 4.88. The Hall–Kier alpha value is -2.36. The molecule has 140 valence electrons. The summed E-state index contributed by atoms with van der Waals surface area (Å²) < 4.78 is 46.7. The highest BCUT2D eigenvalue weighted by atomic mass is 127. The molecular weight excluding hydrogens is 470 g/mol. The molecule has 0 unspecified atom stereocenters. The van der Waals surface area contributed by atoms with Crippen molar-refractivity contribution >= 4 is 34.1 Å². The van der Waals surface area contributed by atoms with Gasteiger partial charge in [0.05, 0.1) is 0 Å². The highest BCUT2D eigenvalue weighted by molar-refractivity contribution is 14.1. The molecule has 0 atom stereocenters. The van der Waals surface area contributed by atoms with E-state index >= 15 is 0 Å². The van der Waals surface area contributed by atoms with Gasteiger partial charge >= 0.3 is 12.2 Å². The Kier molecular flexibility index (Phi) is 5.83. The van der Waals surface area contributed by atoms with Crippen LogP contribution in [0.3, 0.4) is 0 Å². The van der Waals surface area contributed by atoms with E-state index in [2.05, 4.69) is 32.6 Å². The van der Waals surface area contributed by atoms with E-state index in [9.17, 15) is 13.2 Å². The highest BCUT2D eigenvalue weighted by Gasteiger charge is 2.36. The van der Waals surface area contributed by atoms with E-state index in [-0.39, 0.29) is 18.4 Å². The second-order valence-electron chi connectivity index (χ2n) is 5.70. The largest absolute Gasteiger partial charge is 0.459 e. The molecule has 8 heteroatoms. The van der Waals surface area contributed by atoms with Crippen LogP contribution in [0.15, 0.2) is 60.8 Å². The average molecular weight is 485 g/mol. The fraction of sp³-hybridized carbons (Fsp3) is 0.158. The smallest absolute Gasteiger partial charge is 0.421 e. The Labute approximate surface area is 168 Å². The Bertz CT molecular complexity index is 902. The minimum atomic E-state index is -4.58. The number of rotatable bonds is 5. The molecule has 0 aliphatic heterocycles. The van der Waals surface area contributed by atoms with Gasteiger partial charge in [-0.05, 0) is 52.4 Å². The summed E-state index contributed by atoms with van der Waals surface area (Å²) in [5.41, 5.74) is 0.526. The monoisotopic (exact) mass is 485 g/mol. The van der Waals surface area contributed by atoms with Crippen molar-refractivity contribution in [1.82, 2.24) is 9.97 Å². The van der Waals surface area contributed by atoms with Crippen LogP contribution >= 0.6 is 22.6 Å². The topological polar surface area (TPSA) is 38.2 Å². The Morgan fingerprint density at radius 1 is 1.04 bits per heavy atom. The van der Waals surface area contributed by atoms with Crippen LogP contribution in [0.4, 0.5) is 24.7 Å². The minimum absolute atomic E-state index is 0.112. The maximum atomic E-state index is 13.4. The van der Waals surface area contributed by atoms with Crippen molar-refractivity contribution in [2.75, 3.05) is 11.9 Å². The van der Waals surface area contributed by atoms with Crippen LogP contribution in [-0.2, 0) is 12.8 Å². The lowest BCUT2D eigenvalue weighted by Gasteiger charge is -2.22. The zero-order chi connectivity index (χ0) is 19.4. The molecule has 0 bridgehead atoms. The first-order valence-electron chi connectivity index (χ1n) is 7.95. The number of anilines is 2. The molecule has 0 radical (unpaired) electrons. The number of alkyl halides is 3. The average Bonchev–Trinajstić information content (AvgIpc) is 2.66. The Balaban J connectivity index is 1.92. The molecule has 0 aliphatic rings. The van der Waals surface area contributed by atoms with Gasteiger partial charge in [0.1, 0.15) is 12.2 Å². The maximum Gasteiger partial charge on any atom is 0.421 e. The van der Waals surface area contributed by atoms with Gasteiger partial charge in [0.15, 0.2) is 5.82 Å². The first-order valence-corrected chi connectivity index (χ1v) is 9.03. The first kappa shape index (κ1) is 19.4. The molecule has 0 saturated heterocycles. The van der Waals surface area contributed by atoms with E-state index in [0.717, 1.165) is 15.3 Å². The van der Waals surface area contributed by atoms with Crippen LogP contribution in [0.5, 0.6) is 6.01 Å². The summed E-state index contributed by atoms with van der Waals surface area (Å²) in [7, 11) is 1.53. The number of aromatic nitrogens is 2. The molecule has 0 saturated carbocycles. The van der Waals surface area contributed by atoms with Gasteiger partial charge in [-0.2, -0.15) is 18.2 Å². The molecule has 1 aromatic heterocycles. The number of nitrogens with zero attached hydrogens (tertiary/aromatic N) is 3. The van der Waals surface area contributed by atoms with E-state index < -0.39 is 11.7 Å². The highest BCUT2D eigenvalue weighted by Crippen LogP contribution is 2.37. The summed E-state index contributed by atoms with van der Waals surface area (Å²) in [4.78, 5) is 9.12. The molecule has 27 heavy (non-hydrogen) atoms. The van der Waals surface area contributed by atoms with Crippen LogP contribution in [0.2, 0.25) is 0 Å². The number of ether oxygens (including phenoxy) is 1. The van der Waals surface area contributed by atoms with E-state index in [0.29, 0.717) is 5.69 Å². The summed E-state index contributed by atoms with van der Waals surface area (Å²) in [6.45, 7) is 0.166. The van der Waals surface area contributed by atoms with Crippen LogP contribution in [-0.4, -0.2) is 17.0 Å². The van der Waals surface area contributed by atoms with Crippen molar-refractivity contribution in [3.05, 3.63) is 75.5 Å². The normalized spacial score (nSPS) is 11.3. The maximum absolute atomic E-state index is 13.4. The quantitative estimate of drug-likeness (QED) is 0.451. The predicted octanol–water partition coefficient (Wildman–Crippen LogP) is 5.45. The molecule has 2 aromatic carbocycles. The zero-order valence-corrected chi connectivity index (χ0v) is 16.4. The minimum Gasteiger partial charge on any atom is -0.459 e. The van der Waals surface area contributed by atoms with E-state index in [1.807, 2.05) is 42.5 Å². The van der Waals surface area contributed by atoms with Crippen molar-refractivity contribution in [1.29, 1.82) is 0 Å². The van der Waals surface area contributed by atoms with Gasteiger partial charge in [0, 0.05) is 22.5 Å². The number of benzene rings is 2. The van der Waals surface area contributed by atoms with Gasteiger partial charge in [0.25, 0.3) is 0 Å². The molecule has 0 N–H and O–H groups in total. The molecule has 4 nitrogen and oxygen atoms in total. The second-order valence-corrected chi connectivity index (χ2v) is 6.94. The van der Waals surface area contributed by atoms with Crippen molar-refractivity contribution in [3.63, 3.8) is 0 Å². The Morgan fingerprint density at radius 2 is 1.70 bits per heavy atom. The SMILES string of the molecule is CN(c1ccc(I)cc1)c1nc(OCc2ccccc2)ncc1C(F)(F)F. The predicted molar refractivity (Wildman–Crippen MR) is 105 cm³/mol. The van der Waals surface area contributed by atoms with Crippen molar-refractivity contribution < 1.29 is 17.9 Å². The van der Waals surface area contributed by atoms with E-state index in [1.165, 1.54) is 11.9 Å². The summed E-state index contributed by atoms with van der Waals surface area (Å²) in [6, 6.07) is 16.2. The third-order valence-electron chi connectivity index (χ3n) is 3.79. The lowest BCUT2D eigenvalue weighted by Crippen LogP contribution is -2.19. The van der Waals surface area contributed by atoms with Crippen LogP contribution in [0.1, 0.15) is 11.1 Å². The van der Waals surface area contributed by atoms with Gasteiger partial charge in [-0.25, -0.2) is 4.98 Å². The number of hydrogen-bond donors (Lipinski definition) is 0. The van der Waals surface area contributed by atoms with Gasteiger partial charge < -0.3 is 9.64 Å². The lowest BCUT2D eigenvalue weighted by atomic mass is 10.2. The van der Waals surface area contributed by atoms with Crippen molar-refractivity contribution in [2.24, 2.45) is 0 Å². The van der Waals surface area contributed by atoms with Crippen LogP contribution in [0.25, 0.3) is 0 Å². The number of halogens is 4. The van der Waals surface area contributed by atoms with Crippen molar-refractivity contribution in [3.8, 4) is 6.01 Å². The summed E-state index contributed by atoms with van der Waals surface area (Å²) in [5.74, 6) is -0.262. The molecule has 0 spiro atoms. The van der Waals surface area contributed by atoms with E-state index in [1.54, 1.807) is 12.1 Å². The fourth-order valence-electron chi connectivity index (χ4n) is 2.39. The summed E-state index contributed by atoms with van der Waals surface area (Å²) in [5, 5.41) is 0. The standard InChI is InChI=1S/C19H15F3IN3O/c1-26(15-9-7-14(23)8-10-15)17-16(19(20,21)22)11-24-18(25-17)27-12-13-5-3-2-4-6-13/h2-11H,12H2,1H3. The molecule has 0 fully saturated rings. The lowest BCUT2D eigenvalue weighted by molar-refractivity contribution is -0.137. The second kappa shape index (κ2) is 8.12. The molecular formula is C19H15F3IN3O. The van der Waals surface area contributed by atoms with Gasteiger partial charge in [0.2, 0.25) is 0 Å². The molecule has 3 rings (SSSR count). The zero-order valence-electron chi connectivity index (χ0n) is 14.2. The molecule has 3 aromatic rings. The Morgan fingerprint density at radius 3 is 2.33 bits per heavy atom. The van der Waals surface area contributed by atoms with E-state index in [4.69, 9.17) is 4.74 Å². The summed E-state index contributed by atoms with van der Waals surface area (Å²) >= 11 is 2.13. The number of hydrogen-bond acceptors (Lipinski definition) is 4. The molecule has 1 heterocycles.